The van der Waals surface area contributed by atoms with Gasteiger partial charge < -0.3 is 15.0 Å². The first-order chi connectivity index (χ1) is 14.0. The van der Waals surface area contributed by atoms with Crippen molar-refractivity contribution in [2.75, 3.05) is 39.4 Å². The zero-order chi connectivity index (χ0) is 20.6. The highest BCUT2D eigenvalue weighted by Crippen LogP contribution is 2.35. The normalized spacial score (nSPS) is 14.5. The van der Waals surface area contributed by atoms with Crippen molar-refractivity contribution in [1.82, 2.24) is 5.32 Å². The minimum absolute atomic E-state index is 0.0664. The number of hydrogen-bond acceptors (Lipinski definition) is 5. The highest BCUT2D eigenvalue weighted by Gasteiger charge is 2.19. The number of carbonyl (C=O) groups is 1. The maximum atomic E-state index is 12.4. The number of nitro groups is 1. The average Bonchev–Trinajstić information content (AvgIpc) is 2.73. The van der Waals surface area contributed by atoms with E-state index in [4.69, 9.17) is 4.74 Å². The molecule has 2 N–H and O–H groups in total. The lowest BCUT2D eigenvalue weighted by atomic mass is 10.2. The number of nitro benzene ring substituents is 1. The summed E-state index contributed by atoms with van der Waals surface area (Å²) in [7, 11) is 0. The first-order valence-corrected chi connectivity index (χ1v) is 11.1. The number of rotatable bonds is 8. The third-order valence-corrected chi connectivity index (χ3v) is 6.25. The lowest BCUT2D eigenvalue weighted by Crippen LogP contribution is -3.14. The lowest BCUT2D eigenvalue weighted by Gasteiger charge is -2.23. The molecule has 0 atom stereocenters. The van der Waals surface area contributed by atoms with Crippen molar-refractivity contribution in [2.45, 2.75) is 16.2 Å². The molecule has 0 bridgehead atoms. The smallest absolute Gasteiger partial charge is 0.284 e. The van der Waals surface area contributed by atoms with E-state index in [1.807, 2.05) is 24.3 Å². The van der Waals surface area contributed by atoms with E-state index in [1.165, 1.54) is 22.7 Å². The highest BCUT2D eigenvalue weighted by atomic mass is 79.9. The number of carbonyl (C=O) groups excluding carboxylic acids is 1. The molecule has 0 spiro atoms. The molecule has 0 aliphatic carbocycles. The molecular formula is C20H23BrN3O4S+. The Morgan fingerprint density at radius 2 is 1.93 bits per heavy atom. The van der Waals surface area contributed by atoms with Crippen LogP contribution >= 0.6 is 27.7 Å². The molecule has 0 radical (unpaired) electrons. The van der Waals surface area contributed by atoms with E-state index in [1.54, 1.807) is 12.1 Å². The van der Waals surface area contributed by atoms with Gasteiger partial charge in [0.15, 0.2) is 0 Å². The summed E-state index contributed by atoms with van der Waals surface area (Å²) in [5.74, 6) is -0.287. The molecule has 7 nitrogen and oxygen atoms in total. The van der Waals surface area contributed by atoms with Gasteiger partial charge in [0, 0.05) is 34.0 Å². The topological polar surface area (TPSA) is 85.9 Å². The molecule has 9 heteroatoms. The number of halogens is 1. The molecule has 0 aromatic heterocycles. The maximum Gasteiger partial charge on any atom is 0.284 e. The van der Waals surface area contributed by atoms with Crippen molar-refractivity contribution >= 4 is 39.3 Å². The number of nitrogens with one attached hydrogen (secondary N) is 2. The second-order valence-electron chi connectivity index (χ2n) is 6.72. The van der Waals surface area contributed by atoms with Gasteiger partial charge in [-0.05, 0) is 36.4 Å². The Morgan fingerprint density at radius 3 is 2.62 bits per heavy atom. The second kappa shape index (κ2) is 10.7. The van der Waals surface area contributed by atoms with Gasteiger partial charge in [-0.15, -0.1) is 0 Å². The summed E-state index contributed by atoms with van der Waals surface area (Å²) in [6, 6.07) is 12.2. The average molecular weight is 481 g/mol. The van der Waals surface area contributed by atoms with Crippen molar-refractivity contribution in [1.29, 1.82) is 0 Å². The summed E-state index contributed by atoms with van der Waals surface area (Å²) in [5, 5.41) is 14.4. The molecule has 0 saturated carbocycles. The molecule has 1 saturated heterocycles. The number of amides is 1. The number of benzene rings is 2. The summed E-state index contributed by atoms with van der Waals surface area (Å²) < 4.78 is 6.28. The minimum atomic E-state index is -0.445. The minimum Gasteiger partial charge on any atom is -0.370 e. The first kappa shape index (κ1) is 21.8. The summed E-state index contributed by atoms with van der Waals surface area (Å²) in [6.45, 7) is 5.10. The van der Waals surface area contributed by atoms with Crippen LogP contribution in [0.15, 0.2) is 56.7 Å². The largest absolute Gasteiger partial charge is 0.370 e. The van der Waals surface area contributed by atoms with Crippen molar-refractivity contribution in [3.8, 4) is 0 Å². The van der Waals surface area contributed by atoms with Crippen molar-refractivity contribution < 1.29 is 19.4 Å². The lowest BCUT2D eigenvalue weighted by molar-refractivity contribution is -0.908. The van der Waals surface area contributed by atoms with Gasteiger partial charge in [0.05, 0.1) is 29.6 Å². The van der Waals surface area contributed by atoms with E-state index in [2.05, 4.69) is 21.2 Å². The molecule has 1 aliphatic rings. The number of hydrogen-bond donors (Lipinski definition) is 2. The number of nitrogens with zero attached hydrogens (tertiary/aromatic N) is 1. The third-order valence-electron chi connectivity index (χ3n) is 4.65. The van der Waals surface area contributed by atoms with Crippen molar-refractivity contribution in [3.05, 3.63) is 62.6 Å². The van der Waals surface area contributed by atoms with E-state index in [-0.39, 0.29) is 11.6 Å². The van der Waals surface area contributed by atoms with Crippen LogP contribution in [0, 0.1) is 10.1 Å². The Hall–Kier alpha value is -1.94. The van der Waals surface area contributed by atoms with Crippen LogP contribution in [-0.2, 0) is 4.74 Å². The SMILES string of the molecule is O=C(NCCC[NH+]1CCOCC1)c1ccc(Sc2ccc(Br)cc2)c([N+](=O)[O-])c1. The molecule has 2 aromatic rings. The van der Waals surface area contributed by atoms with Crippen molar-refractivity contribution in [3.63, 3.8) is 0 Å². The highest BCUT2D eigenvalue weighted by molar-refractivity contribution is 9.10. The van der Waals surface area contributed by atoms with Crippen LogP contribution in [-0.4, -0.2) is 50.2 Å². The quantitative estimate of drug-likeness (QED) is 0.344. The van der Waals surface area contributed by atoms with E-state index in [0.717, 1.165) is 48.6 Å². The van der Waals surface area contributed by atoms with Crippen LogP contribution in [0.1, 0.15) is 16.8 Å². The Labute approximate surface area is 182 Å². The molecule has 0 unspecified atom stereocenters. The van der Waals surface area contributed by atoms with Gasteiger partial charge in [-0.1, -0.05) is 27.7 Å². The number of morpholine rings is 1. The predicted octanol–water partition coefficient (Wildman–Crippen LogP) is 2.54. The predicted molar refractivity (Wildman–Crippen MR) is 115 cm³/mol. The van der Waals surface area contributed by atoms with Gasteiger partial charge in [0.1, 0.15) is 13.1 Å². The van der Waals surface area contributed by atoms with Gasteiger partial charge in [-0.2, -0.15) is 0 Å². The Morgan fingerprint density at radius 1 is 1.21 bits per heavy atom. The van der Waals surface area contributed by atoms with Gasteiger partial charge in [-0.3, -0.25) is 14.9 Å². The number of ether oxygens (including phenoxy) is 1. The fraction of sp³-hybridized carbons (Fsp3) is 0.350. The van der Waals surface area contributed by atoms with Gasteiger partial charge >= 0.3 is 0 Å². The van der Waals surface area contributed by atoms with Crippen LogP contribution in [0.5, 0.6) is 0 Å². The van der Waals surface area contributed by atoms with Gasteiger partial charge in [0.25, 0.3) is 11.6 Å². The molecule has 2 aromatic carbocycles. The standard InChI is InChI=1S/C20H22BrN3O4S/c21-16-3-5-17(6-4-16)29-19-7-2-15(14-18(19)24(26)27)20(25)22-8-1-9-23-10-12-28-13-11-23/h2-7,14H,1,8-13H2,(H,22,25)/p+1. The molecule has 29 heavy (non-hydrogen) atoms. The third kappa shape index (κ3) is 6.53. The van der Waals surface area contributed by atoms with Crippen LogP contribution in [0.4, 0.5) is 5.69 Å². The van der Waals surface area contributed by atoms with Crippen LogP contribution < -0.4 is 10.2 Å². The Bertz CT molecular complexity index is 857. The summed E-state index contributed by atoms with van der Waals surface area (Å²) >= 11 is 4.68. The van der Waals surface area contributed by atoms with Crippen LogP contribution in [0.3, 0.4) is 0 Å². The zero-order valence-electron chi connectivity index (χ0n) is 15.9. The zero-order valence-corrected chi connectivity index (χ0v) is 18.3. The summed E-state index contributed by atoms with van der Waals surface area (Å²) in [6.07, 6.45) is 0.862. The van der Waals surface area contributed by atoms with E-state index in [0.29, 0.717) is 17.0 Å². The molecular weight excluding hydrogens is 458 g/mol. The van der Waals surface area contributed by atoms with Crippen LogP contribution in [0.25, 0.3) is 0 Å². The molecule has 1 aliphatic heterocycles. The van der Waals surface area contributed by atoms with Crippen molar-refractivity contribution in [2.24, 2.45) is 0 Å². The fourth-order valence-electron chi connectivity index (χ4n) is 3.07. The monoisotopic (exact) mass is 480 g/mol. The molecule has 154 valence electrons. The van der Waals surface area contributed by atoms with Crippen LogP contribution in [0.2, 0.25) is 0 Å². The Kier molecular flexibility index (Phi) is 8.05. The Balaban J connectivity index is 1.58. The molecule has 1 fully saturated rings. The summed E-state index contributed by atoms with van der Waals surface area (Å²) in [4.78, 5) is 26.4. The van der Waals surface area contributed by atoms with Gasteiger partial charge in [-0.25, -0.2) is 0 Å². The maximum absolute atomic E-state index is 12.4. The van der Waals surface area contributed by atoms with E-state index < -0.39 is 4.92 Å². The molecule has 3 rings (SSSR count). The van der Waals surface area contributed by atoms with E-state index >= 15 is 0 Å². The molecule has 1 heterocycles. The fourth-order valence-corrected chi connectivity index (χ4v) is 4.23. The van der Waals surface area contributed by atoms with Gasteiger partial charge in [0.2, 0.25) is 0 Å². The first-order valence-electron chi connectivity index (χ1n) is 9.44. The summed E-state index contributed by atoms with van der Waals surface area (Å²) in [5.41, 5.74) is 0.235. The molecule has 1 amide bonds. The number of quaternary nitrogens is 1. The van der Waals surface area contributed by atoms with E-state index in [9.17, 15) is 14.9 Å². The second-order valence-corrected chi connectivity index (χ2v) is 8.75.